The number of aromatic nitrogens is 4. The predicted octanol–water partition coefficient (Wildman–Crippen LogP) is -0.428. The van der Waals surface area contributed by atoms with E-state index < -0.39 is 10.0 Å². The van der Waals surface area contributed by atoms with Gasteiger partial charge in [-0.15, -0.1) is 0 Å². The van der Waals surface area contributed by atoms with Crippen LogP contribution in [0.2, 0.25) is 0 Å². The molecule has 3 heterocycles. The van der Waals surface area contributed by atoms with Crippen LogP contribution in [0.4, 0.5) is 0 Å². The van der Waals surface area contributed by atoms with E-state index in [1.165, 1.54) is 10.6 Å². The highest BCUT2D eigenvalue weighted by Crippen LogP contribution is 2.17. The lowest BCUT2D eigenvalue weighted by atomic mass is 10.3. The molecule has 1 aliphatic rings. The largest absolute Gasteiger partial charge is 0.340 e. The maximum absolute atomic E-state index is 12.4. The van der Waals surface area contributed by atoms with E-state index in [1.54, 1.807) is 15.8 Å². The fourth-order valence-corrected chi connectivity index (χ4v) is 3.94. The first-order valence-electron chi connectivity index (χ1n) is 7.85. The number of amides is 1. The molecule has 10 heteroatoms. The van der Waals surface area contributed by atoms with Crippen molar-refractivity contribution in [1.82, 2.24) is 28.8 Å². The van der Waals surface area contributed by atoms with Crippen molar-refractivity contribution in [3.63, 3.8) is 0 Å². The molecule has 1 saturated heterocycles. The van der Waals surface area contributed by atoms with Crippen molar-refractivity contribution >= 4 is 27.0 Å². The van der Waals surface area contributed by atoms with Crippen molar-refractivity contribution in [3.05, 3.63) is 11.9 Å². The second-order valence-electron chi connectivity index (χ2n) is 6.10. The Hall–Kier alpha value is -1.94. The molecule has 0 spiro atoms. The van der Waals surface area contributed by atoms with Crippen molar-refractivity contribution in [2.45, 2.75) is 19.9 Å². The number of sulfonamides is 1. The zero-order valence-electron chi connectivity index (χ0n) is 14.1. The summed E-state index contributed by atoms with van der Waals surface area (Å²) in [5, 5.41) is 8.69. The van der Waals surface area contributed by atoms with Crippen LogP contribution in [0.1, 0.15) is 12.1 Å². The zero-order valence-corrected chi connectivity index (χ0v) is 15.0. The highest BCUT2D eigenvalue weighted by molar-refractivity contribution is 7.88. The molecule has 9 nitrogen and oxygen atoms in total. The van der Waals surface area contributed by atoms with Gasteiger partial charge in [0.15, 0.2) is 0 Å². The minimum atomic E-state index is -3.18. The molecule has 132 valence electrons. The smallest absolute Gasteiger partial charge is 0.224 e. The summed E-state index contributed by atoms with van der Waals surface area (Å²) in [6, 6.07) is 0. The number of carbonyl (C=O) groups excluding carboxylic acids is 1. The summed E-state index contributed by atoms with van der Waals surface area (Å²) < 4.78 is 28.0. The monoisotopic (exact) mass is 354 g/mol. The molecule has 1 fully saturated rings. The minimum absolute atomic E-state index is 0.0216. The molecule has 2 aromatic heterocycles. The molecule has 1 aliphatic heterocycles. The Labute approximate surface area is 140 Å². The predicted molar refractivity (Wildman–Crippen MR) is 88.8 cm³/mol. The molecule has 0 atom stereocenters. The van der Waals surface area contributed by atoms with Crippen LogP contribution in [-0.4, -0.2) is 75.5 Å². The molecule has 0 unspecified atom stereocenters. The van der Waals surface area contributed by atoms with E-state index in [0.29, 0.717) is 39.1 Å². The quantitative estimate of drug-likeness (QED) is 0.743. The van der Waals surface area contributed by atoms with E-state index in [-0.39, 0.29) is 5.91 Å². The number of aryl methyl sites for hydroxylation is 3. The molecule has 2 aromatic rings. The van der Waals surface area contributed by atoms with Gasteiger partial charge in [-0.25, -0.2) is 8.42 Å². The van der Waals surface area contributed by atoms with Crippen LogP contribution in [0.3, 0.4) is 0 Å². The molecular formula is C14H22N6O3S. The standard InChI is InChI=1S/C14H22N6O3S/c1-11-14-12(17(2)16-11)10-15-20(14)5-4-13(21)18-6-8-19(9-7-18)24(3,22)23/h10H,4-9H2,1-3H3. The molecule has 0 saturated carbocycles. The third-order valence-electron chi connectivity index (χ3n) is 4.41. The van der Waals surface area contributed by atoms with Gasteiger partial charge in [0.1, 0.15) is 11.0 Å². The number of hydrogen-bond acceptors (Lipinski definition) is 5. The summed E-state index contributed by atoms with van der Waals surface area (Å²) in [6.45, 7) is 4.00. The zero-order chi connectivity index (χ0) is 17.5. The van der Waals surface area contributed by atoms with Crippen LogP contribution in [0.5, 0.6) is 0 Å². The Morgan fingerprint density at radius 2 is 1.92 bits per heavy atom. The van der Waals surface area contributed by atoms with Crippen LogP contribution in [0.25, 0.3) is 11.0 Å². The van der Waals surface area contributed by atoms with Crippen molar-refractivity contribution in [2.24, 2.45) is 7.05 Å². The molecule has 1 amide bonds. The van der Waals surface area contributed by atoms with E-state index in [1.807, 2.05) is 18.7 Å². The molecule has 0 aromatic carbocycles. The third-order valence-corrected chi connectivity index (χ3v) is 5.71. The second kappa shape index (κ2) is 6.17. The summed E-state index contributed by atoms with van der Waals surface area (Å²) >= 11 is 0. The van der Waals surface area contributed by atoms with Crippen LogP contribution in [0, 0.1) is 6.92 Å². The average Bonchev–Trinajstić information content (AvgIpc) is 3.07. The Morgan fingerprint density at radius 3 is 2.54 bits per heavy atom. The number of nitrogens with zero attached hydrogens (tertiary/aromatic N) is 6. The maximum atomic E-state index is 12.4. The molecule has 0 radical (unpaired) electrons. The Morgan fingerprint density at radius 1 is 1.25 bits per heavy atom. The number of carbonyl (C=O) groups is 1. The van der Waals surface area contributed by atoms with E-state index in [9.17, 15) is 13.2 Å². The SMILES string of the molecule is Cc1nn(C)c2cnn(CCC(=O)N3CCN(S(C)(=O)=O)CC3)c12. The van der Waals surface area contributed by atoms with Gasteiger partial charge in [-0.05, 0) is 6.92 Å². The first-order valence-corrected chi connectivity index (χ1v) is 9.70. The number of hydrogen-bond donors (Lipinski definition) is 0. The van der Waals surface area contributed by atoms with Crippen LogP contribution < -0.4 is 0 Å². The van der Waals surface area contributed by atoms with Crippen LogP contribution in [0.15, 0.2) is 6.20 Å². The van der Waals surface area contributed by atoms with Gasteiger partial charge >= 0.3 is 0 Å². The summed E-state index contributed by atoms with van der Waals surface area (Å²) in [7, 11) is -1.31. The number of rotatable bonds is 4. The molecule has 24 heavy (non-hydrogen) atoms. The van der Waals surface area contributed by atoms with Crippen molar-refractivity contribution < 1.29 is 13.2 Å². The van der Waals surface area contributed by atoms with Gasteiger partial charge in [-0.1, -0.05) is 0 Å². The van der Waals surface area contributed by atoms with E-state index in [2.05, 4.69) is 10.2 Å². The molecule has 0 bridgehead atoms. The summed E-state index contributed by atoms with van der Waals surface area (Å²) in [4.78, 5) is 14.1. The Balaban J connectivity index is 1.60. The van der Waals surface area contributed by atoms with E-state index >= 15 is 0 Å². The lowest BCUT2D eigenvalue weighted by Crippen LogP contribution is -2.50. The lowest BCUT2D eigenvalue weighted by molar-refractivity contribution is -0.132. The first-order chi connectivity index (χ1) is 11.3. The highest BCUT2D eigenvalue weighted by atomic mass is 32.2. The van der Waals surface area contributed by atoms with E-state index in [4.69, 9.17) is 0 Å². The van der Waals surface area contributed by atoms with Crippen LogP contribution in [-0.2, 0) is 28.4 Å². The van der Waals surface area contributed by atoms with Gasteiger partial charge in [-0.2, -0.15) is 14.5 Å². The Kier molecular flexibility index (Phi) is 4.35. The van der Waals surface area contributed by atoms with Crippen molar-refractivity contribution in [1.29, 1.82) is 0 Å². The highest BCUT2D eigenvalue weighted by Gasteiger charge is 2.26. The molecule has 0 aliphatic carbocycles. The normalized spacial score (nSPS) is 16.9. The number of fused-ring (bicyclic) bond motifs is 1. The molecule has 3 rings (SSSR count). The van der Waals surface area contributed by atoms with Gasteiger partial charge < -0.3 is 4.90 Å². The lowest BCUT2D eigenvalue weighted by Gasteiger charge is -2.33. The van der Waals surface area contributed by atoms with E-state index in [0.717, 1.165) is 16.7 Å². The fraction of sp³-hybridized carbons (Fsp3) is 0.643. The molecular weight excluding hydrogens is 332 g/mol. The molecule has 0 N–H and O–H groups in total. The summed E-state index contributed by atoms with van der Waals surface area (Å²) in [5.74, 6) is 0.0216. The van der Waals surface area contributed by atoms with Gasteiger partial charge in [0.05, 0.1) is 24.7 Å². The number of piperazine rings is 1. The maximum Gasteiger partial charge on any atom is 0.224 e. The summed E-state index contributed by atoms with van der Waals surface area (Å²) in [5.41, 5.74) is 2.79. The van der Waals surface area contributed by atoms with Crippen molar-refractivity contribution in [3.8, 4) is 0 Å². The summed E-state index contributed by atoms with van der Waals surface area (Å²) in [6.07, 6.45) is 3.29. The minimum Gasteiger partial charge on any atom is -0.340 e. The van der Waals surface area contributed by atoms with Gasteiger partial charge in [-0.3, -0.25) is 14.2 Å². The second-order valence-corrected chi connectivity index (χ2v) is 8.09. The van der Waals surface area contributed by atoms with Gasteiger partial charge in [0, 0.05) is 39.6 Å². The third kappa shape index (κ3) is 3.16. The Bertz CT molecular complexity index is 861. The van der Waals surface area contributed by atoms with Gasteiger partial charge in [0.25, 0.3) is 0 Å². The van der Waals surface area contributed by atoms with Crippen molar-refractivity contribution in [2.75, 3.05) is 32.4 Å². The first kappa shape index (κ1) is 16.9. The topological polar surface area (TPSA) is 93.3 Å². The fourth-order valence-electron chi connectivity index (χ4n) is 3.11. The van der Waals surface area contributed by atoms with Gasteiger partial charge in [0.2, 0.25) is 15.9 Å². The van der Waals surface area contributed by atoms with Crippen LogP contribution >= 0.6 is 0 Å². The average molecular weight is 354 g/mol.